The second-order valence-electron chi connectivity index (χ2n) is 8.62. The molecule has 0 bridgehead atoms. The summed E-state index contributed by atoms with van der Waals surface area (Å²) >= 11 is 0. The molecule has 0 atom stereocenters. The third-order valence-corrected chi connectivity index (χ3v) is 6.30. The summed E-state index contributed by atoms with van der Waals surface area (Å²) in [5, 5.41) is 17.6. The molecule has 37 heavy (non-hydrogen) atoms. The van der Waals surface area contributed by atoms with E-state index in [-0.39, 0.29) is 18.3 Å². The first-order valence-corrected chi connectivity index (χ1v) is 12.1. The Balaban J connectivity index is 1.90. The van der Waals surface area contributed by atoms with Gasteiger partial charge >= 0.3 is 6.03 Å². The van der Waals surface area contributed by atoms with Crippen LogP contribution < -0.4 is 15.5 Å². The zero-order valence-electron chi connectivity index (χ0n) is 21.4. The molecule has 3 aromatic carbocycles. The number of amides is 2. The number of hydrogen-bond acceptors (Lipinski definition) is 5. The van der Waals surface area contributed by atoms with E-state index in [2.05, 4.69) is 10.6 Å². The van der Waals surface area contributed by atoms with Crippen LogP contribution in [0.5, 0.6) is 5.88 Å². The van der Waals surface area contributed by atoms with Crippen molar-refractivity contribution >= 4 is 39.9 Å². The predicted molar refractivity (Wildman–Crippen MR) is 148 cm³/mol. The Kier molecular flexibility index (Phi) is 7.69. The minimum atomic E-state index is -0.437. The molecular formula is C29H31N5O3. The summed E-state index contributed by atoms with van der Waals surface area (Å²) in [6.07, 6.45) is 0.794. The number of aryl methyl sites for hydroxylation is 1. The van der Waals surface area contributed by atoms with E-state index < -0.39 is 6.03 Å². The second kappa shape index (κ2) is 11.1. The highest BCUT2D eigenvalue weighted by Crippen LogP contribution is 2.35. The van der Waals surface area contributed by atoms with Gasteiger partial charge in [0.2, 0.25) is 11.8 Å². The molecule has 0 spiro atoms. The minimum absolute atomic E-state index is 0.0536. The van der Waals surface area contributed by atoms with Crippen LogP contribution in [0.25, 0.3) is 10.9 Å². The molecule has 8 nitrogen and oxygen atoms in total. The first-order chi connectivity index (χ1) is 17.9. The Morgan fingerprint density at radius 2 is 1.70 bits per heavy atom. The van der Waals surface area contributed by atoms with Crippen LogP contribution in [0.4, 0.5) is 16.2 Å². The number of aliphatic imine (C=N–C) groups is 1. The van der Waals surface area contributed by atoms with Crippen LogP contribution >= 0.6 is 0 Å². The Morgan fingerprint density at radius 3 is 2.32 bits per heavy atom. The number of fused-ring (bicyclic) bond motifs is 1. The van der Waals surface area contributed by atoms with Crippen molar-refractivity contribution in [2.75, 3.05) is 32.6 Å². The summed E-state index contributed by atoms with van der Waals surface area (Å²) in [6, 6.07) is 22.3. The molecule has 0 saturated carbocycles. The average molecular weight is 498 g/mol. The van der Waals surface area contributed by atoms with E-state index in [4.69, 9.17) is 4.99 Å². The number of nitrogens with zero attached hydrogens (tertiary/aromatic N) is 3. The summed E-state index contributed by atoms with van der Waals surface area (Å²) in [4.78, 5) is 31.5. The normalized spacial score (nSPS) is 11.5. The van der Waals surface area contributed by atoms with Crippen molar-refractivity contribution < 1.29 is 14.7 Å². The SMILES string of the molecule is CCc1ccc2c(C(=Nc3ccc(N(C)C(=O)CNC)cc3)c3ccccc3)c(O)n(C(=O)NC)c2c1. The van der Waals surface area contributed by atoms with Gasteiger partial charge in [0, 0.05) is 30.7 Å². The average Bonchev–Trinajstić information content (AvgIpc) is 3.22. The fourth-order valence-electron chi connectivity index (χ4n) is 4.25. The second-order valence-corrected chi connectivity index (χ2v) is 8.62. The van der Waals surface area contributed by atoms with Crippen molar-refractivity contribution in [3.63, 3.8) is 0 Å². The van der Waals surface area contributed by atoms with Gasteiger partial charge in [-0.15, -0.1) is 0 Å². The van der Waals surface area contributed by atoms with E-state index in [1.165, 1.54) is 11.6 Å². The summed E-state index contributed by atoms with van der Waals surface area (Å²) in [5.74, 6) is -0.235. The molecule has 2 amide bonds. The van der Waals surface area contributed by atoms with Gasteiger partial charge in [0.1, 0.15) is 0 Å². The quantitative estimate of drug-likeness (QED) is 0.329. The molecule has 4 rings (SSSR count). The van der Waals surface area contributed by atoms with Crippen LogP contribution in [0.2, 0.25) is 0 Å². The lowest BCUT2D eigenvalue weighted by Gasteiger charge is -2.17. The largest absolute Gasteiger partial charge is 0.494 e. The fraction of sp³-hybridized carbons (Fsp3) is 0.207. The Labute approximate surface area is 216 Å². The molecule has 0 fully saturated rings. The molecule has 190 valence electrons. The van der Waals surface area contributed by atoms with Gasteiger partial charge in [-0.25, -0.2) is 14.4 Å². The molecule has 0 aliphatic rings. The molecule has 1 aromatic heterocycles. The number of benzene rings is 3. The lowest BCUT2D eigenvalue weighted by atomic mass is 10.00. The Bertz CT molecular complexity index is 1460. The van der Waals surface area contributed by atoms with Crippen LogP contribution in [0.15, 0.2) is 77.8 Å². The maximum absolute atomic E-state index is 12.8. The number of carbonyl (C=O) groups excluding carboxylic acids is 2. The zero-order valence-corrected chi connectivity index (χ0v) is 21.4. The van der Waals surface area contributed by atoms with Gasteiger partial charge in [0.05, 0.1) is 29.0 Å². The first-order valence-electron chi connectivity index (χ1n) is 12.1. The maximum Gasteiger partial charge on any atom is 0.328 e. The van der Waals surface area contributed by atoms with Gasteiger partial charge in [-0.3, -0.25) is 4.79 Å². The van der Waals surface area contributed by atoms with Crippen molar-refractivity contribution in [1.29, 1.82) is 0 Å². The first kappa shape index (κ1) is 25.7. The standard InChI is InChI=1S/C29H31N5O3/c1-5-19-11-16-23-24(17-19)34(29(37)31-3)28(36)26(23)27(20-9-7-6-8-10-20)32-21-12-14-22(15-13-21)33(4)25(35)18-30-2/h6-17,30,36H,5,18H2,1-4H3,(H,31,37). The van der Waals surface area contributed by atoms with Crippen LogP contribution in [-0.2, 0) is 11.2 Å². The van der Waals surface area contributed by atoms with Gasteiger partial charge < -0.3 is 20.6 Å². The molecule has 3 N–H and O–H groups in total. The molecule has 0 unspecified atom stereocenters. The molecule has 4 aromatic rings. The highest BCUT2D eigenvalue weighted by Gasteiger charge is 2.25. The van der Waals surface area contributed by atoms with E-state index >= 15 is 0 Å². The van der Waals surface area contributed by atoms with E-state index in [0.29, 0.717) is 22.5 Å². The number of rotatable bonds is 7. The predicted octanol–water partition coefficient (Wildman–Crippen LogP) is 4.45. The third-order valence-electron chi connectivity index (χ3n) is 6.30. The van der Waals surface area contributed by atoms with Crippen LogP contribution in [0, 0.1) is 0 Å². The Morgan fingerprint density at radius 1 is 1.00 bits per heavy atom. The van der Waals surface area contributed by atoms with E-state index in [1.54, 1.807) is 19.0 Å². The monoisotopic (exact) mass is 497 g/mol. The molecule has 0 saturated heterocycles. The highest BCUT2D eigenvalue weighted by atomic mass is 16.3. The van der Waals surface area contributed by atoms with E-state index in [0.717, 1.165) is 28.6 Å². The van der Waals surface area contributed by atoms with Crippen molar-refractivity contribution in [2.24, 2.45) is 4.99 Å². The third kappa shape index (κ3) is 5.10. The summed E-state index contributed by atoms with van der Waals surface area (Å²) in [7, 11) is 4.99. The zero-order chi connectivity index (χ0) is 26.5. The summed E-state index contributed by atoms with van der Waals surface area (Å²) < 4.78 is 1.29. The van der Waals surface area contributed by atoms with Crippen molar-refractivity contribution in [3.8, 4) is 5.88 Å². The van der Waals surface area contributed by atoms with Gasteiger partial charge in [-0.2, -0.15) is 0 Å². The Hall–Kier alpha value is -4.43. The van der Waals surface area contributed by atoms with Crippen LogP contribution in [0.3, 0.4) is 0 Å². The molecule has 1 heterocycles. The van der Waals surface area contributed by atoms with Crippen molar-refractivity contribution in [2.45, 2.75) is 13.3 Å². The molecule has 0 aliphatic carbocycles. The van der Waals surface area contributed by atoms with Gasteiger partial charge in [-0.05, 0) is 49.4 Å². The number of aromatic nitrogens is 1. The summed E-state index contributed by atoms with van der Waals surface area (Å²) in [5.41, 5.74) is 4.83. The summed E-state index contributed by atoms with van der Waals surface area (Å²) in [6.45, 7) is 2.28. The van der Waals surface area contributed by atoms with Crippen molar-refractivity contribution in [3.05, 3.63) is 89.5 Å². The fourth-order valence-corrected chi connectivity index (χ4v) is 4.25. The maximum atomic E-state index is 12.8. The molecule has 8 heteroatoms. The molecule has 0 radical (unpaired) electrons. The number of carbonyl (C=O) groups is 2. The number of anilines is 1. The molecular weight excluding hydrogens is 466 g/mol. The number of hydrogen-bond donors (Lipinski definition) is 3. The topological polar surface area (TPSA) is 99.0 Å². The van der Waals surface area contributed by atoms with E-state index in [1.807, 2.05) is 79.7 Å². The number of aromatic hydroxyl groups is 1. The minimum Gasteiger partial charge on any atom is -0.494 e. The number of nitrogens with one attached hydrogen (secondary N) is 2. The van der Waals surface area contributed by atoms with Crippen LogP contribution in [-0.4, -0.2) is 55.0 Å². The smallest absolute Gasteiger partial charge is 0.328 e. The highest BCUT2D eigenvalue weighted by molar-refractivity contribution is 6.23. The van der Waals surface area contributed by atoms with Gasteiger partial charge in [0.25, 0.3) is 0 Å². The van der Waals surface area contributed by atoms with Gasteiger partial charge in [0.15, 0.2) is 0 Å². The van der Waals surface area contributed by atoms with Gasteiger partial charge in [-0.1, -0.05) is 49.4 Å². The van der Waals surface area contributed by atoms with Crippen LogP contribution in [0.1, 0.15) is 23.6 Å². The van der Waals surface area contributed by atoms with E-state index in [9.17, 15) is 14.7 Å². The molecule has 0 aliphatic heterocycles. The lowest BCUT2D eigenvalue weighted by Crippen LogP contribution is -2.33. The van der Waals surface area contributed by atoms with Crippen molar-refractivity contribution in [1.82, 2.24) is 15.2 Å². The number of likely N-dealkylation sites (N-methyl/N-ethyl adjacent to an activating group) is 2. The lowest BCUT2D eigenvalue weighted by molar-refractivity contribution is -0.117.